The maximum atomic E-state index is 9.87. The van der Waals surface area contributed by atoms with Crippen LogP contribution in [-0.4, -0.2) is 23.7 Å². The molecule has 0 atom stereocenters. The molecule has 1 spiro atoms. The number of para-hydroxylation sites is 4. The molecule has 14 aromatic rings. The highest BCUT2D eigenvalue weighted by Crippen LogP contribution is 2.62. The van der Waals surface area contributed by atoms with Crippen molar-refractivity contribution in [1.82, 2.24) is 23.7 Å². The lowest BCUT2D eigenvalue weighted by atomic mass is 9.66. The molecule has 16 rings (SSSR count). The van der Waals surface area contributed by atoms with E-state index in [0.717, 1.165) is 106 Å². The van der Waals surface area contributed by atoms with Crippen molar-refractivity contribution in [2.24, 2.45) is 0 Å². The number of ether oxygens (including phenoxy) is 1. The van der Waals surface area contributed by atoms with Gasteiger partial charge in [-0.3, -0.25) is 9.97 Å². The first-order valence-corrected chi connectivity index (χ1v) is 24.6. The van der Waals surface area contributed by atoms with Crippen molar-refractivity contribution in [3.63, 3.8) is 0 Å². The Morgan fingerprint density at radius 1 is 0.356 bits per heavy atom. The van der Waals surface area contributed by atoms with Crippen LogP contribution in [0.3, 0.4) is 0 Å². The van der Waals surface area contributed by atoms with Crippen LogP contribution in [-0.2, 0) is 5.41 Å². The number of nitrogens with zero attached hydrogens (tertiary/aromatic N) is 6. The molecule has 1 aliphatic carbocycles. The van der Waals surface area contributed by atoms with Crippen LogP contribution in [0.25, 0.3) is 105 Å². The standard InChI is InChI=1S/C66H38N6O/c67-39-40-21-31-60-50(35-40)48-13-3-8-20-59(48)72(60)45-28-30-53-63(38-45)73-62-37-42(22-29-52(62)66(53)54-15-9-33-68-64(54)65-55(66)16-10-34-69-65)41-23-32-61-51(36-41)49-14-4-7-19-58(49)71(61)44-26-24-43(25-27-44)70-56-17-5-1-11-46(56)47-12-2-6-18-57(47)70/h1-38H. The molecule has 9 aromatic carbocycles. The zero-order valence-electron chi connectivity index (χ0n) is 39.0. The number of nitriles is 1. The summed E-state index contributed by atoms with van der Waals surface area (Å²) in [4.78, 5) is 9.97. The van der Waals surface area contributed by atoms with E-state index in [2.05, 4.69) is 214 Å². The lowest BCUT2D eigenvalue weighted by molar-refractivity contribution is 0.436. The van der Waals surface area contributed by atoms with Gasteiger partial charge in [-0.25, -0.2) is 0 Å². The molecule has 0 saturated carbocycles. The highest BCUT2D eigenvalue weighted by molar-refractivity contribution is 6.12. The smallest absolute Gasteiger partial charge is 0.134 e. The molecule has 2 aliphatic rings. The second-order valence-corrected chi connectivity index (χ2v) is 19.2. The molecule has 0 amide bonds. The Morgan fingerprint density at radius 2 is 0.781 bits per heavy atom. The Balaban J connectivity index is 0.853. The van der Waals surface area contributed by atoms with Crippen LogP contribution in [0, 0.1) is 11.3 Å². The van der Waals surface area contributed by atoms with Gasteiger partial charge in [0.05, 0.1) is 61.5 Å². The fourth-order valence-corrected chi connectivity index (χ4v) is 12.6. The van der Waals surface area contributed by atoms with Crippen LogP contribution in [0.15, 0.2) is 231 Å². The molecule has 338 valence electrons. The van der Waals surface area contributed by atoms with Crippen molar-refractivity contribution in [2.45, 2.75) is 5.41 Å². The maximum absolute atomic E-state index is 9.87. The van der Waals surface area contributed by atoms with Crippen molar-refractivity contribution in [3.05, 3.63) is 259 Å². The van der Waals surface area contributed by atoms with E-state index in [-0.39, 0.29) is 0 Å². The van der Waals surface area contributed by atoms with E-state index < -0.39 is 5.41 Å². The van der Waals surface area contributed by atoms with E-state index in [1.54, 1.807) is 0 Å². The minimum atomic E-state index is -0.746. The topological polar surface area (TPSA) is 73.6 Å². The number of fused-ring (bicyclic) bond motifs is 18. The number of hydrogen-bond acceptors (Lipinski definition) is 4. The van der Waals surface area contributed by atoms with Gasteiger partial charge in [0, 0.05) is 79.0 Å². The van der Waals surface area contributed by atoms with Gasteiger partial charge in [0.25, 0.3) is 0 Å². The lowest BCUT2D eigenvalue weighted by Crippen LogP contribution is -2.32. The fraction of sp³-hybridized carbons (Fsp3) is 0.0152. The van der Waals surface area contributed by atoms with Gasteiger partial charge in [0.15, 0.2) is 0 Å². The summed E-state index contributed by atoms with van der Waals surface area (Å²) in [5, 5.41) is 16.8. The summed E-state index contributed by atoms with van der Waals surface area (Å²) in [6.07, 6.45) is 3.72. The normalized spacial score (nSPS) is 13.1. The molecular formula is C66H38N6O. The lowest BCUT2D eigenvalue weighted by Gasteiger charge is -2.39. The Hall–Kier alpha value is -10.0. The van der Waals surface area contributed by atoms with E-state index in [1.165, 1.54) is 32.6 Å². The van der Waals surface area contributed by atoms with Gasteiger partial charge in [0.2, 0.25) is 0 Å². The van der Waals surface area contributed by atoms with Crippen molar-refractivity contribution < 1.29 is 4.74 Å². The van der Waals surface area contributed by atoms with E-state index in [4.69, 9.17) is 14.7 Å². The van der Waals surface area contributed by atoms with Crippen molar-refractivity contribution in [2.75, 3.05) is 0 Å². The molecule has 0 saturated heterocycles. The van der Waals surface area contributed by atoms with E-state index in [0.29, 0.717) is 5.56 Å². The summed E-state index contributed by atoms with van der Waals surface area (Å²) < 4.78 is 14.3. The van der Waals surface area contributed by atoms with Gasteiger partial charge < -0.3 is 18.4 Å². The monoisotopic (exact) mass is 930 g/mol. The molecular weight excluding hydrogens is 893 g/mol. The number of hydrogen-bond donors (Lipinski definition) is 0. The molecule has 0 N–H and O–H groups in total. The highest BCUT2D eigenvalue weighted by Gasteiger charge is 2.52. The largest absolute Gasteiger partial charge is 0.457 e. The summed E-state index contributed by atoms with van der Waals surface area (Å²) in [5.41, 5.74) is 17.9. The van der Waals surface area contributed by atoms with Crippen molar-refractivity contribution in [1.29, 1.82) is 5.26 Å². The van der Waals surface area contributed by atoms with Crippen LogP contribution in [0.1, 0.15) is 27.8 Å². The van der Waals surface area contributed by atoms with Gasteiger partial charge in [-0.1, -0.05) is 109 Å². The summed E-state index contributed by atoms with van der Waals surface area (Å²) in [6, 6.07) is 80.3. The summed E-state index contributed by atoms with van der Waals surface area (Å²) in [5.74, 6) is 1.54. The predicted octanol–water partition coefficient (Wildman–Crippen LogP) is 15.8. The third-order valence-electron chi connectivity index (χ3n) is 15.6. The average Bonchev–Trinajstić information content (AvgIpc) is 4.17. The molecule has 6 heterocycles. The number of benzene rings is 9. The Kier molecular flexibility index (Phi) is 8.04. The number of aromatic nitrogens is 5. The van der Waals surface area contributed by atoms with Gasteiger partial charge in [-0.2, -0.15) is 5.26 Å². The molecule has 0 bridgehead atoms. The quantitative estimate of drug-likeness (QED) is 0.176. The molecule has 7 heteroatoms. The van der Waals surface area contributed by atoms with E-state index in [1.807, 2.05) is 36.7 Å². The van der Waals surface area contributed by atoms with Crippen LogP contribution < -0.4 is 4.74 Å². The van der Waals surface area contributed by atoms with Crippen molar-refractivity contribution in [3.8, 4) is 57.1 Å². The third kappa shape index (κ3) is 5.36. The van der Waals surface area contributed by atoms with Crippen LogP contribution in [0.4, 0.5) is 0 Å². The Morgan fingerprint density at radius 3 is 1.34 bits per heavy atom. The first-order chi connectivity index (χ1) is 36.2. The number of rotatable bonds is 4. The second-order valence-electron chi connectivity index (χ2n) is 19.2. The second kappa shape index (κ2) is 14.8. The summed E-state index contributed by atoms with van der Waals surface area (Å²) >= 11 is 0. The first-order valence-electron chi connectivity index (χ1n) is 24.6. The Bertz CT molecular complexity index is 4640. The highest BCUT2D eigenvalue weighted by atomic mass is 16.5. The molecule has 1 aliphatic heterocycles. The number of pyridine rings is 2. The van der Waals surface area contributed by atoms with Gasteiger partial charge >= 0.3 is 0 Å². The average molecular weight is 931 g/mol. The van der Waals surface area contributed by atoms with E-state index >= 15 is 0 Å². The van der Waals surface area contributed by atoms with Gasteiger partial charge in [0.1, 0.15) is 11.5 Å². The van der Waals surface area contributed by atoms with Gasteiger partial charge in [-0.05, 0) is 125 Å². The van der Waals surface area contributed by atoms with Crippen molar-refractivity contribution >= 4 is 65.4 Å². The zero-order valence-corrected chi connectivity index (χ0v) is 39.0. The molecule has 0 fully saturated rings. The molecule has 5 aromatic heterocycles. The Labute approximate surface area is 418 Å². The summed E-state index contributed by atoms with van der Waals surface area (Å²) in [6.45, 7) is 0. The molecule has 0 radical (unpaired) electrons. The minimum absolute atomic E-state index is 0.630. The third-order valence-corrected chi connectivity index (χ3v) is 15.6. The molecule has 0 unspecified atom stereocenters. The molecule has 73 heavy (non-hydrogen) atoms. The SMILES string of the molecule is N#Cc1ccc2c(c1)c1ccccc1n2-c1ccc2c(c1)Oc1cc(-c3ccc4c(c3)c3ccccc3n4-c3ccc(-n4c5ccccc5c5ccccc54)cc3)ccc1C21c2cccnc2-c2ncccc21. The fourth-order valence-electron chi connectivity index (χ4n) is 12.6. The van der Waals surface area contributed by atoms with Crippen LogP contribution >= 0.6 is 0 Å². The van der Waals surface area contributed by atoms with Crippen LogP contribution in [0.5, 0.6) is 11.5 Å². The summed E-state index contributed by atoms with van der Waals surface area (Å²) in [7, 11) is 0. The predicted molar refractivity (Wildman–Crippen MR) is 293 cm³/mol. The van der Waals surface area contributed by atoms with E-state index in [9.17, 15) is 5.26 Å². The van der Waals surface area contributed by atoms with Gasteiger partial charge in [-0.15, -0.1) is 0 Å². The maximum Gasteiger partial charge on any atom is 0.134 e. The van der Waals surface area contributed by atoms with Crippen LogP contribution in [0.2, 0.25) is 0 Å². The zero-order chi connectivity index (χ0) is 47.9. The first kappa shape index (κ1) is 39.8. The molecule has 7 nitrogen and oxygen atoms in total. The minimum Gasteiger partial charge on any atom is -0.457 e.